The fraction of sp³-hybridized carbons (Fsp3) is 0.357. The molecule has 5 heteroatoms. The van der Waals surface area contributed by atoms with Gasteiger partial charge < -0.3 is 0 Å². The van der Waals surface area contributed by atoms with Crippen LogP contribution in [-0.2, 0) is 19.1 Å². The highest BCUT2D eigenvalue weighted by Gasteiger charge is 2.13. The third-order valence-electron chi connectivity index (χ3n) is 2.53. The van der Waals surface area contributed by atoms with Crippen molar-refractivity contribution in [2.45, 2.75) is 31.1 Å². The molecular weight excluding hydrogens is 264 g/mol. The number of rotatable bonds is 8. The number of carbonyl (C=O) groups is 1. The minimum Gasteiger partial charge on any atom is -0.299 e. The summed E-state index contributed by atoms with van der Waals surface area (Å²) in [6.45, 7) is 2.05. The summed E-state index contributed by atoms with van der Waals surface area (Å²) in [5.41, 5.74) is 1.00. The Morgan fingerprint density at radius 1 is 1.16 bits per heavy atom. The Labute approximate surface area is 114 Å². The van der Waals surface area contributed by atoms with Crippen LogP contribution in [-0.4, -0.2) is 21.3 Å². The second-order valence-corrected chi connectivity index (χ2v) is 5.76. The van der Waals surface area contributed by atoms with E-state index in [4.69, 9.17) is 4.18 Å². The Kier molecular flexibility index (Phi) is 6.45. The van der Waals surface area contributed by atoms with Gasteiger partial charge in [0.05, 0.1) is 11.5 Å². The highest BCUT2D eigenvalue weighted by atomic mass is 32.2. The van der Waals surface area contributed by atoms with E-state index in [0.29, 0.717) is 6.42 Å². The molecule has 0 radical (unpaired) electrons. The first-order chi connectivity index (χ1) is 9.06. The van der Waals surface area contributed by atoms with Gasteiger partial charge in [-0.1, -0.05) is 23.8 Å². The van der Waals surface area contributed by atoms with E-state index in [0.717, 1.165) is 24.7 Å². The van der Waals surface area contributed by atoms with Gasteiger partial charge in [-0.25, -0.2) is 0 Å². The largest absolute Gasteiger partial charge is 0.299 e. The van der Waals surface area contributed by atoms with Crippen molar-refractivity contribution in [2.75, 3.05) is 6.61 Å². The molecule has 0 aliphatic heterocycles. The first-order valence-electron chi connectivity index (χ1n) is 6.12. The predicted octanol–water partition coefficient (Wildman–Crippen LogP) is 2.63. The van der Waals surface area contributed by atoms with Crippen molar-refractivity contribution in [1.82, 2.24) is 0 Å². The predicted molar refractivity (Wildman–Crippen MR) is 73.4 cm³/mol. The number of aryl methyl sites for hydroxylation is 1. The zero-order valence-electron chi connectivity index (χ0n) is 10.9. The Hall–Kier alpha value is -1.46. The summed E-state index contributed by atoms with van der Waals surface area (Å²) < 4.78 is 28.5. The average Bonchev–Trinajstić information content (AvgIpc) is 2.38. The first kappa shape index (κ1) is 15.6. The van der Waals surface area contributed by atoms with Crippen LogP contribution < -0.4 is 0 Å². The minimum absolute atomic E-state index is 0.158. The second-order valence-electron chi connectivity index (χ2n) is 4.15. The monoisotopic (exact) mass is 282 g/mol. The molecule has 1 rings (SSSR count). The van der Waals surface area contributed by atoms with Crippen LogP contribution in [0.3, 0.4) is 0 Å². The summed E-state index contributed by atoms with van der Waals surface area (Å²) >= 11 is 0. The van der Waals surface area contributed by atoms with Gasteiger partial charge in [-0.05, 0) is 44.4 Å². The van der Waals surface area contributed by atoms with Gasteiger partial charge in [0, 0.05) is 0 Å². The van der Waals surface area contributed by atoms with Gasteiger partial charge in [0.1, 0.15) is 6.29 Å². The molecule has 0 unspecified atom stereocenters. The quantitative estimate of drug-likeness (QED) is 0.318. The number of benzene rings is 1. The van der Waals surface area contributed by atoms with Crippen LogP contribution in [0.4, 0.5) is 0 Å². The first-order valence-corrected chi connectivity index (χ1v) is 7.53. The molecule has 0 aromatic heterocycles. The van der Waals surface area contributed by atoms with Gasteiger partial charge in [-0.3, -0.25) is 8.98 Å². The lowest BCUT2D eigenvalue weighted by Gasteiger charge is -2.05. The Morgan fingerprint density at radius 3 is 2.47 bits per heavy atom. The number of allylic oxidation sites excluding steroid dienone is 2. The molecule has 1 aromatic rings. The normalized spacial score (nSPS) is 11.8. The van der Waals surface area contributed by atoms with Crippen molar-refractivity contribution >= 4 is 16.4 Å². The zero-order chi connectivity index (χ0) is 14.1. The lowest BCUT2D eigenvalue weighted by atomic mass is 10.2. The summed E-state index contributed by atoms with van der Waals surface area (Å²) in [4.78, 5) is 10.2. The molecule has 0 aliphatic carbocycles. The van der Waals surface area contributed by atoms with Crippen LogP contribution in [0.15, 0.2) is 41.3 Å². The third-order valence-corrected chi connectivity index (χ3v) is 3.85. The topological polar surface area (TPSA) is 60.4 Å². The molecule has 0 N–H and O–H groups in total. The molecule has 104 valence electrons. The molecule has 0 bridgehead atoms. The highest BCUT2D eigenvalue weighted by molar-refractivity contribution is 7.86. The van der Waals surface area contributed by atoms with E-state index in [2.05, 4.69) is 0 Å². The van der Waals surface area contributed by atoms with Crippen LogP contribution in [0.2, 0.25) is 0 Å². The summed E-state index contributed by atoms with van der Waals surface area (Å²) in [7, 11) is -3.65. The number of unbranched alkanes of at least 4 members (excludes halogenated alkanes) is 2. The summed E-state index contributed by atoms with van der Waals surface area (Å²) in [5.74, 6) is 0. The van der Waals surface area contributed by atoms with Gasteiger partial charge in [0.25, 0.3) is 10.1 Å². The van der Waals surface area contributed by atoms with E-state index in [1.165, 1.54) is 18.2 Å². The van der Waals surface area contributed by atoms with Crippen molar-refractivity contribution in [3.63, 3.8) is 0 Å². The maximum Gasteiger partial charge on any atom is 0.296 e. The molecule has 19 heavy (non-hydrogen) atoms. The second kappa shape index (κ2) is 7.86. The van der Waals surface area contributed by atoms with Gasteiger partial charge in [-0.15, -0.1) is 0 Å². The minimum atomic E-state index is -3.65. The number of carbonyl (C=O) groups excluding carboxylic acids is 1. The molecule has 0 saturated heterocycles. The lowest BCUT2D eigenvalue weighted by molar-refractivity contribution is -0.104. The van der Waals surface area contributed by atoms with Crippen LogP contribution in [0.1, 0.15) is 24.8 Å². The standard InChI is InChI=1S/C14H18O4S/c1-13-7-9-14(10-8-13)19(16,17)18-12-6-4-2-3-5-11-15/h3,5,7-11H,2,4,6,12H2,1H3. The molecule has 0 aliphatic rings. The Bertz CT molecular complexity index is 515. The SMILES string of the molecule is Cc1ccc(S(=O)(=O)OCCCCC=CC=O)cc1. The molecule has 1 aromatic carbocycles. The fourth-order valence-corrected chi connectivity index (χ4v) is 2.40. The van der Waals surface area contributed by atoms with E-state index in [1.807, 2.05) is 6.92 Å². The Morgan fingerprint density at radius 2 is 1.84 bits per heavy atom. The van der Waals surface area contributed by atoms with Crippen LogP contribution in [0.5, 0.6) is 0 Å². The third kappa shape index (κ3) is 5.81. The molecule has 4 nitrogen and oxygen atoms in total. The lowest BCUT2D eigenvalue weighted by Crippen LogP contribution is -2.07. The summed E-state index contributed by atoms with van der Waals surface area (Å²) in [6, 6.07) is 6.55. The molecule has 0 heterocycles. The fourth-order valence-electron chi connectivity index (χ4n) is 1.46. The highest BCUT2D eigenvalue weighted by Crippen LogP contribution is 2.13. The van der Waals surface area contributed by atoms with Crippen LogP contribution in [0.25, 0.3) is 0 Å². The average molecular weight is 282 g/mol. The summed E-state index contributed by atoms with van der Waals surface area (Å²) in [5, 5.41) is 0. The molecule has 0 spiro atoms. The number of hydrogen-bond donors (Lipinski definition) is 0. The van der Waals surface area contributed by atoms with Crippen LogP contribution in [0, 0.1) is 6.92 Å². The van der Waals surface area contributed by atoms with Crippen molar-refractivity contribution in [3.05, 3.63) is 42.0 Å². The van der Waals surface area contributed by atoms with Crippen molar-refractivity contribution < 1.29 is 17.4 Å². The van der Waals surface area contributed by atoms with Gasteiger partial charge >= 0.3 is 0 Å². The Balaban J connectivity index is 2.37. The van der Waals surface area contributed by atoms with Gasteiger partial charge in [0.15, 0.2) is 0 Å². The summed E-state index contributed by atoms with van der Waals surface area (Å²) in [6.07, 6.45) is 6.07. The molecule has 0 atom stereocenters. The zero-order valence-corrected chi connectivity index (χ0v) is 11.7. The maximum absolute atomic E-state index is 11.8. The smallest absolute Gasteiger partial charge is 0.296 e. The van der Waals surface area contributed by atoms with E-state index < -0.39 is 10.1 Å². The maximum atomic E-state index is 11.8. The van der Waals surface area contributed by atoms with Crippen LogP contribution >= 0.6 is 0 Å². The van der Waals surface area contributed by atoms with E-state index in [9.17, 15) is 13.2 Å². The van der Waals surface area contributed by atoms with Crippen molar-refractivity contribution in [2.24, 2.45) is 0 Å². The molecule has 0 fully saturated rings. The van der Waals surface area contributed by atoms with Crippen molar-refractivity contribution in [1.29, 1.82) is 0 Å². The van der Waals surface area contributed by atoms with E-state index in [1.54, 1.807) is 18.2 Å². The molecule has 0 amide bonds. The van der Waals surface area contributed by atoms with E-state index in [-0.39, 0.29) is 11.5 Å². The van der Waals surface area contributed by atoms with Gasteiger partial charge in [-0.2, -0.15) is 8.42 Å². The van der Waals surface area contributed by atoms with Crippen molar-refractivity contribution in [3.8, 4) is 0 Å². The van der Waals surface area contributed by atoms with E-state index >= 15 is 0 Å². The number of aldehydes is 1. The molecule has 0 saturated carbocycles. The van der Waals surface area contributed by atoms with Gasteiger partial charge in [0.2, 0.25) is 0 Å². The molecular formula is C14H18O4S. The number of hydrogen-bond acceptors (Lipinski definition) is 4.